The predicted octanol–water partition coefficient (Wildman–Crippen LogP) is 6.59. The highest BCUT2D eigenvalue weighted by molar-refractivity contribution is 5.77. The standard InChI is InChI=1S/C35H60N2O5/c1-7-8-9-10-11-12-13-29-14-16-30(17-15-29)18-19-34(36)27-41-35(42-28-34)20-23-37(24-21-35)31(38)26-33(4,5)40-25-22-32(2,3)39-6/h14-17H,7-13,18-28,36H2,1-6H3. The summed E-state index contributed by atoms with van der Waals surface area (Å²) in [5, 5.41) is 0. The maximum absolute atomic E-state index is 13.1. The van der Waals surface area contributed by atoms with E-state index in [0.29, 0.717) is 52.2 Å². The molecule has 240 valence electrons. The van der Waals surface area contributed by atoms with Crippen molar-refractivity contribution in [1.82, 2.24) is 4.90 Å². The molecule has 0 aromatic heterocycles. The highest BCUT2D eigenvalue weighted by Crippen LogP contribution is 2.35. The van der Waals surface area contributed by atoms with E-state index >= 15 is 0 Å². The van der Waals surface area contributed by atoms with Gasteiger partial charge in [0, 0.05) is 33.0 Å². The summed E-state index contributed by atoms with van der Waals surface area (Å²) in [7, 11) is 1.71. The second kappa shape index (κ2) is 16.0. The summed E-state index contributed by atoms with van der Waals surface area (Å²) in [6.07, 6.45) is 13.3. The first kappa shape index (κ1) is 35.0. The van der Waals surface area contributed by atoms with Gasteiger partial charge >= 0.3 is 0 Å². The zero-order valence-corrected chi connectivity index (χ0v) is 27.6. The van der Waals surface area contributed by atoms with Crippen molar-refractivity contribution in [3.05, 3.63) is 35.4 Å². The van der Waals surface area contributed by atoms with Crippen LogP contribution in [0.5, 0.6) is 0 Å². The van der Waals surface area contributed by atoms with E-state index in [4.69, 9.17) is 24.7 Å². The number of benzene rings is 1. The van der Waals surface area contributed by atoms with Crippen LogP contribution in [-0.2, 0) is 36.6 Å². The zero-order valence-electron chi connectivity index (χ0n) is 27.6. The fourth-order valence-electron chi connectivity index (χ4n) is 5.74. The molecule has 7 nitrogen and oxygen atoms in total. The molecule has 0 radical (unpaired) electrons. The van der Waals surface area contributed by atoms with Crippen LogP contribution in [0.15, 0.2) is 24.3 Å². The number of amides is 1. The van der Waals surface area contributed by atoms with Gasteiger partial charge in [0.2, 0.25) is 5.91 Å². The van der Waals surface area contributed by atoms with E-state index < -0.39 is 16.9 Å². The van der Waals surface area contributed by atoms with Crippen LogP contribution in [0.4, 0.5) is 0 Å². The number of ether oxygens (including phenoxy) is 4. The normalized spacial score (nSPS) is 18.9. The molecular formula is C35H60N2O5. The van der Waals surface area contributed by atoms with Crippen LogP contribution in [0.1, 0.15) is 116 Å². The van der Waals surface area contributed by atoms with Crippen LogP contribution in [0, 0.1) is 0 Å². The lowest BCUT2D eigenvalue weighted by molar-refractivity contribution is -0.302. The van der Waals surface area contributed by atoms with Gasteiger partial charge in [-0.2, -0.15) is 0 Å². The summed E-state index contributed by atoms with van der Waals surface area (Å²) in [5.41, 5.74) is 8.21. The number of hydrogen-bond acceptors (Lipinski definition) is 6. The van der Waals surface area contributed by atoms with Crippen molar-refractivity contribution in [3.63, 3.8) is 0 Å². The minimum absolute atomic E-state index is 0.114. The van der Waals surface area contributed by atoms with Gasteiger partial charge in [0.1, 0.15) is 0 Å². The van der Waals surface area contributed by atoms with Crippen molar-refractivity contribution in [2.45, 2.75) is 141 Å². The highest BCUT2D eigenvalue weighted by Gasteiger charge is 2.45. The summed E-state index contributed by atoms with van der Waals surface area (Å²) in [6, 6.07) is 9.05. The number of piperidine rings is 1. The largest absolute Gasteiger partial charge is 0.379 e. The van der Waals surface area contributed by atoms with E-state index in [1.165, 1.54) is 56.1 Å². The van der Waals surface area contributed by atoms with Gasteiger partial charge in [0.05, 0.1) is 43.0 Å². The van der Waals surface area contributed by atoms with Crippen LogP contribution in [-0.4, -0.2) is 73.4 Å². The molecule has 1 amide bonds. The Morgan fingerprint density at radius 1 is 0.905 bits per heavy atom. The second-order valence-electron chi connectivity index (χ2n) is 14.1. The maximum Gasteiger partial charge on any atom is 0.225 e. The molecule has 2 N–H and O–H groups in total. The van der Waals surface area contributed by atoms with Crippen LogP contribution in [0.3, 0.4) is 0 Å². The quantitative estimate of drug-likeness (QED) is 0.207. The number of nitrogens with two attached hydrogens (primary N) is 1. The Morgan fingerprint density at radius 2 is 1.48 bits per heavy atom. The summed E-state index contributed by atoms with van der Waals surface area (Å²) >= 11 is 0. The Labute approximate surface area is 256 Å². The van der Waals surface area contributed by atoms with E-state index in [0.717, 1.165) is 19.3 Å². The third-order valence-corrected chi connectivity index (χ3v) is 9.20. The van der Waals surface area contributed by atoms with E-state index in [1.807, 2.05) is 32.6 Å². The van der Waals surface area contributed by atoms with Crippen molar-refractivity contribution in [2.75, 3.05) is 40.0 Å². The molecule has 1 spiro atoms. The third kappa shape index (κ3) is 11.5. The maximum atomic E-state index is 13.1. The van der Waals surface area contributed by atoms with Gasteiger partial charge in [-0.05, 0) is 70.9 Å². The van der Waals surface area contributed by atoms with Crippen molar-refractivity contribution in [3.8, 4) is 0 Å². The molecule has 2 aliphatic heterocycles. The van der Waals surface area contributed by atoms with Crippen molar-refractivity contribution >= 4 is 5.91 Å². The summed E-state index contributed by atoms with van der Waals surface area (Å²) in [4.78, 5) is 15.0. The van der Waals surface area contributed by atoms with E-state index in [9.17, 15) is 4.79 Å². The first-order chi connectivity index (χ1) is 19.9. The molecule has 2 fully saturated rings. The lowest BCUT2D eigenvalue weighted by Crippen LogP contribution is -2.61. The molecule has 2 saturated heterocycles. The minimum Gasteiger partial charge on any atom is -0.379 e. The van der Waals surface area contributed by atoms with Gasteiger partial charge in [-0.25, -0.2) is 0 Å². The Kier molecular flexibility index (Phi) is 13.3. The molecular weight excluding hydrogens is 528 g/mol. The first-order valence-corrected chi connectivity index (χ1v) is 16.5. The zero-order chi connectivity index (χ0) is 30.7. The predicted molar refractivity (Wildman–Crippen MR) is 170 cm³/mol. The van der Waals surface area contributed by atoms with Crippen LogP contribution in [0.2, 0.25) is 0 Å². The van der Waals surface area contributed by atoms with Crippen LogP contribution in [0.25, 0.3) is 0 Å². The smallest absolute Gasteiger partial charge is 0.225 e. The number of hydrogen-bond donors (Lipinski definition) is 1. The number of aryl methyl sites for hydroxylation is 2. The number of rotatable bonds is 17. The van der Waals surface area contributed by atoms with E-state index in [-0.39, 0.29) is 11.5 Å². The Hall–Kier alpha value is -1.51. The lowest BCUT2D eigenvalue weighted by atomic mass is 9.91. The minimum atomic E-state index is -0.629. The van der Waals surface area contributed by atoms with Crippen molar-refractivity contribution < 1.29 is 23.7 Å². The Morgan fingerprint density at radius 3 is 2.07 bits per heavy atom. The number of carbonyl (C=O) groups is 1. The molecule has 1 aromatic rings. The summed E-state index contributed by atoms with van der Waals surface area (Å²) < 4.78 is 24.2. The SMILES string of the molecule is CCCCCCCCc1ccc(CCC2(N)COC3(CCN(C(=O)CC(C)(C)OCCC(C)(C)OC)CC3)OC2)cc1. The molecule has 7 heteroatoms. The van der Waals surface area contributed by atoms with Gasteiger partial charge in [-0.1, -0.05) is 63.3 Å². The number of nitrogens with zero attached hydrogens (tertiary/aromatic N) is 1. The average Bonchev–Trinajstić information content (AvgIpc) is 2.96. The molecule has 1 aromatic carbocycles. The first-order valence-electron chi connectivity index (χ1n) is 16.5. The monoisotopic (exact) mass is 588 g/mol. The molecule has 0 aliphatic carbocycles. The number of methoxy groups -OCH3 is 1. The van der Waals surface area contributed by atoms with E-state index in [1.54, 1.807) is 7.11 Å². The lowest BCUT2D eigenvalue weighted by Gasteiger charge is -2.48. The van der Waals surface area contributed by atoms with Crippen molar-refractivity contribution in [1.29, 1.82) is 0 Å². The molecule has 0 atom stereocenters. The van der Waals surface area contributed by atoms with Crippen LogP contribution >= 0.6 is 0 Å². The average molecular weight is 589 g/mol. The van der Waals surface area contributed by atoms with E-state index in [2.05, 4.69) is 31.2 Å². The van der Waals surface area contributed by atoms with Gasteiger partial charge in [-0.15, -0.1) is 0 Å². The van der Waals surface area contributed by atoms with Crippen molar-refractivity contribution in [2.24, 2.45) is 5.73 Å². The molecule has 3 rings (SSSR count). The number of unbranched alkanes of at least 4 members (excludes halogenated alkanes) is 5. The second-order valence-corrected chi connectivity index (χ2v) is 14.1. The molecule has 0 bridgehead atoms. The molecule has 0 saturated carbocycles. The third-order valence-electron chi connectivity index (χ3n) is 9.20. The molecule has 2 heterocycles. The summed E-state index contributed by atoms with van der Waals surface area (Å²) in [6.45, 7) is 13.1. The Balaban J connectivity index is 1.35. The number of carbonyl (C=O) groups excluding carboxylic acids is 1. The molecule has 0 unspecified atom stereocenters. The Bertz CT molecular complexity index is 927. The molecule has 2 aliphatic rings. The van der Waals surface area contributed by atoms with Gasteiger partial charge in [0.25, 0.3) is 0 Å². The fraction of sp³-hybridized carbons (Fsp3) is 0.800. The van der Waals surface area contributed by atoms with Crippen LogP contribution < -0.4 is 5.73 Å². The summed E-state index contributed by atoms with van der Waals surface area (Å²) in [5.74, 6) is -0.516. The van der Waals surface area contributed by atoms with Gasteiger partial charge in [0.15, 0.2) is 5.79 Å². The number of likely N-dealkylation sites (tertiary alicyclic amines) is 1. The fourth-order valence-corrected chi connectivity index (χ4v) is 5.74. The van der Waals surface area contributed by atoms with Gasteiger partial charge < -0.3 is 29.6 Å². The van der Waals surface area contributed by atoms with Gasteiger partial charge in [-0.3, -0.25) is 4.79 Å². The highest BCUT2D eigenvalue weighted by atomic mass is 16.7. The topological polar surface area (TPSA) is 83.3 Å². The molecule has 42 heavy (non-hydrogen) atoms.